The van der Waals surface area contributed by atoms with Gasteiger partial charge in [-0.15, -0.1) is 0 Å². The minimum Gasteiger partial charge on any atom is -0.493 e. The summed E-state index contributed by atoms with van der Waals surface area (Å²) in [6, 6.07) is 11.5. The molecule has 0 spiro atoms. The number of nitrogens with zero attached hydrogens (tertiary/aromatic N) is 4. The van der Waals surface area contributed by atoms with Crippen molar-refractivity contribution < 1.29 is 14.2 Å². The first-order valence-electron chi connectivity index (χ1n) is 11.2. The molecular weight excluding hydrogens is 498 g/mol. The normalized spacial score (nSPS) is 17.2. The summed E-state index contributed by atoms with van der Waals surface area (Å²) >= 11 is 3.49. The Bertz CT molecular complexity index is 1220. The van der Waals surface area contributed by atoms with Crippen molar-refractivity contribution in [2.24, 2.45) is 10.9 Å². The van der Waals surface area contributed by atoms with Crippen molar-refractivity contribution in [2.45, 2.75) is 12.8 Å². The van der Waals surface area contributed by atoms with Crippen LogP contribution in [0.1, 0.15) is 18.4 Å². The first-order valence-corrected chi connectivity index (χ1v) is 12.0. The van der Waals surface area contributed by atoms with E-state index in [9.17, 15) is 0 Å². The molecule has 8 nitrogen and oxygen atoms in total. The van der Waals surface area contributed by atoms with Gasteiger partial charge >= 0.3 is 0 Å². The number of nitrogens with one attached hydrogen (secondary N) is 1. The zero-order valence-electron chi connectivity index (χ0n) is 19.1. The standard InChI is InChI=1S/C25H26BrN5O3/c1-31-8-4-5-16(13-31)14-33-22-9-17-12-27-23-24(30-19-7-3-6-18(26)10-19)28-15-29-25(23)34-20(17)11-21(22)32-2/h3,6-7,9-12,15-16H,4-5,8,13-14H2,1-2H3,(H,28,29,30). The molecule has 1 fully saturated rings. The second-order valence-corrected chi connectivity index (χ2v) is 9.41. The Labute approximate surface area is 207 Å². The summed E-state index contributed by atoms with van der Waals surface area (Å²) in [5.41, 5.74) is 2.17. The minimum atomic E-state index is 0.364. The maximum absolute atomic E-state index is 6.20. The molecule has 1 saturated heterocycles. The van der Waals surface area contributed by atoms with E-state index in [0.717, 1.165) is 28.8 Å². The van der Waals surface area contributed by atoms with Gasteiger partial charge in [-0.1, -0.05) is 22.0 Å². The third-order valence-corrected chi connectivity index (χ3v) is 6.40. The zero-order valence-corrected chi connectivity index (χ0v) is 20.7. The van der Waals surface area contributed by atoms with Crippen molar-refractivity contribution in [1.82, 2.24) is 14.9 Å². The van der Waals surface area contributed by atoms with Crippen molar-refractivity contribution >= 4 is 39.3 Å². The van der Waals surface area contributed by atoms with Crippen LogP contribution < -0.4 is 19.5 Å². The van der Waals surface area contributed by atoms with Gasteiger partial charge in [-0.2, -0.15) is 4.98 Å². The third kappa shape index (κ3) is 5.00. The molecule has 0 aliphatic carbocycles. The molecule has 176 valence electrons. The number of hydrogen-bond donors (Lipinski definition) is 1. The van der Waals surface area contributed by atoms with Gasteiger partial charge in [0.15, 0.2) is 23.0 Å². The quantitative estimate of drug-likeness (QED) is 0.353. The Morgan fingerprint density at radius 3 is 2.94 bits per heavy atom. The fourth-order valence-electron chi connectivity index (χ4n) is 4.22. The van der Waals surface area contributed by atoms with Gasteiger partial charge in [0.05, 0.1) is 13.7 Å². The number of methoxy groups -OCH3 is 1. The summed E-state index contributed by atoms with van der Waals surface area (Å²) in [7, 11) is 3.78. The van der Waals surface area contributed by atoms with Crippen LogP contribution in [-0.2, 0) is 0 Å². The highest BCUT2D eigenvalue weighted by Crippen LogP contribution is 2.42. The van der Waals surface area contributed by atoms with Crippen molar-refractivity contribution in [2.75, 3.05) is 39.2 Å². The van der Waals surface area contributed by atoms with Gasteiger partial charge in [-0.05, 0) is 50.7 Å². The summed E-state index contributed by atoms with van der Waals surface area (Å²) in [4.78, 5) is 15.7. The second kappa shape index (κ2) is 9.99. The van der Waals surface area contributed by atoms with Gasteiger partial charge in [0, 0.05) is 40.5 Å². The highest BCUT2D eigenvalue weighted by molar-refractivity contribution is 9.10. The Hall–Kier alpha value is -3.17. The average Bonchev–Trinajstić information content (AvgIpc) is 3.01. The number of ether oxygens (including phenoxy) is 3. The van der Waals surface area contributed by atoms with Crippen LogP contribution in [0.15, 0.2) is 52.2 Å². The minimum absolute atomic E-state index is 0.364. The molecule has 1 atom stereocenters. The molecule has 0 radical (unpaired) electrons. The Kier molecular flexibility index (Phi) is 6.64. The number of hydrogen-bond acceptors (Lipinski definition) is 8. The van der Waals surface area contributed by atoms with E-state index in [4.69, 9.17) is 14.2 Å². The first-order chi connectivity index (χ1) is 16.6. The van der Waals surface area contributed by atoms with E-state index in [-0.39, 0.29) is 0 Å². The highest BCUT2D eigenvalue weighted by atomic mass is 79.9. The van der Waals surface area contributed by atoms with Crippen LogP contribution in [0.3, 0.4) is 0 Å². The molecule has 0 amide bonds. The van der Waals surface area contributed by atoms with E-state index < -0.39 is 0 Å². The molecule has 2 aliphatic rings. The van der Waals surface area contributed by atoms with E-state index in [0.29, 0.717) is 47.2 Å². The fourth-order valence-corrected chi connectivity index (χ4v) is 4.62. The predicted octanol–water partition coefficient (Wildman–Crippen LogP) is 5.57. The maximum Gasteiger partial charge on any atom is 0.250 e. The molecule has 0 saturated carbocycles. The van der Waals surface area contributed by atoms with Crippen molar-refractivity contribution in [3.63, 3.8) is 0 Å². The molecule has 0 bridgehead atoms. The highest BCUT2D eigenvalue weighted by Gasteiger charge is 2.22. The van der Waals surface area contributed by atoms with Crippen LogP contribution in [0.5, 0.6) is 23.1 Å². The van der Waals surface area contributed by atoms with Gasteiger partial charge in [-0.3, -0.25) is 0 Å². The lowest BCUT2D eigenvalue weighted by Gasteiger charge is -2.29. The monoisotopic (exact) mass is 523 g/mol. The SMILES string of the molecule is COc1cc2c(cc1OCC1CCCN(C)C1)C=Nc1c(Nc3cccc(Br)c3)ncnc1O2. The molecule has 5 rings (SSSR count). The van der Waals surface area contributed by atoms with Crippen molar-refractivity contribution in [1.29, 1.82) is 0 Å². The number of piperidine rings is 1. The lowest BCUT2D eigenvalue weighted by atomic mass is 9.99. The van der Waals surface area contributed by atoms with Crippen LogP contribution in [0.4, 0.5) is 17.2 Å². The van der Waals surface area contributed by atoms with Gasteiger partial charge < -0.3 is 24.4 Å². The average molecular weight is 524 g/mol. The largest absolute Gasteiger partial charge is 0.493 e. The smallest absolute Gasteiger partial charge is 0.250 e. The number of likely N-dealkylation sites (tertiary alicyclic amines) is 1. The first kappa shape index (κ1) is 22.6. The van der Waals surface area contributed by atoms with Crippen molar-refractivity contribution in [3.8, 4) is 23.1 Å². The lowest BCUT2D eigenvalue weighted by Crippen LogP contribution is -2.34. The fraction of sp³-hybridized carbons (Fsp3) is 0.320. The molecule has 1 N–H and O–H groups in total. The van der Waals surface area contributed by atoms with E-state index in [1.165, 1.54) is 19.2 Å². The number of benzene rings is 2. The molecule has 2 aromatic carbocycles. The van der Waals surface area contributed by atoms with Crippen LogP contribution in [0.2, 0.25) is 0 Å². The van der Waals surface area contributed by atoms with E-state index >= 15 is 0 Å². The second-order valence-electron chi connectivity index (χ2n) is 8.49. The Balaban J connectivity index is 1.40. The third-order valence-electron chi connectivity index (χ3n) is 5.91. The van der Waals surface area contributed by atoms with E-state index in [2.05, 4.69) is 48.2 Å². The summed E-state index contributed by atoms with van der Waals surface area (Å²) in [6.45, 7) is 2.83. The molecule has 9 heteroatoms. The predicted molar refractivity (Wildman–Crippen MR) is 135 cm³/mol. The van der Waals surface area contributed by atoms with Crippen LogP contribution in [-0.4, -0.2) is 54.9 Å². The number of fused-ring (bicyclic) bond motifs is 2. The lowest BCUT2D eigenvalue weighted by molar-refractivity contribution is 0.148. The number of aliphatic imine (C=N–C) groups is 1. The van der Waals surface area contributed by atoms with E-state index in [1.807, 2.05) is 36.4 Å². The summed E-state index contributed by atoms with van der Waals surface area (Å²) in [5, 5.41) is 3.29. The van der Waals surface area contributed by atoms with Crippen molar-refractivity contribution in [3.05, 3.63) is 52.8 Å². The molecule has 3 aromatic rings. The Morgan fingerprint density at radius 1 is 1.21 bits per heavy atom. The van der Waals surface area contributed by atoms with E-state index in [1.54, 1.807) is 13.3 Å². The summed E-state index contributed by atoms with van der Waals surface area (Å²) in [6.07, 6.45) is 5.57. The zero-order chi connectivity index (χ0) is 23.5. The van der Waals surface area contributed by atoms with Crippen LogP contribution in [0, 0.1) is 5.92 Å². The molecule has 2 aliphatic heterocycles. The number of halogens is 1. The summed E-state index contributed by atoms with van der Waals surface area (Å²) < 4.78 is 18.9. The molecule has 1 aromatic heterocycles. The van der Waals surface area contributed by atoms with Crippen LogP contribution >= 0.6 is 15.9 Å². The number of anilines is 2. The molecular formula is C25H26BrN5O3. The molecule has 34 heavy (non-hydrogen) atoms. The maximum atomic E-state index is 6.20. The molecule has 1 unspecified atom stereocenters. The topological polar surface area (TPSA) is 81.1 Å². The van der Waals surface area contributed by atoms with Gasteiger partial charge in [0.2, 0.25) is 0 Å². The van der Waals surface area contributed by atoms with Gasteiger partial charge in [0.25, 0.3) is 5.88 Å². The number of aromatic nitrogens is 2. The van der Waals surface area contributed by atoms with Gasteiger partial charge in [0.1, 0.15) is 12.1 Å². The summed E-state index contributed by atoms with van der Waals surface area (Å²) in [5.74, 6) is 3.30. The Morgan fingerprint density at radius 2 is 2.12 bits per heavy atom. The van der Waals surface area contributed by atoms with Crippen LogP contribution in [0.25, 0.3) is 0 Å². The van der Waals surface area contributed by atoms with Gasteiger partial charge in [-0.25, -0.2) is 9.98 Å². The molecule has 3 heterocycles. The number of rotatable bonds is 6.